The Hall–Kier alpha value is -1.78. The maximum atomic E-state index is 10.9. The second kappa shape index (κ2) is 5.11. The third-order valence-corrected chi connectivity index (χ3v) is 6.06. The molecule has 124 valence electrons. The number of aryl methyl sites for hydroxylation is 1. The van der Waals surface area contributed by atoms with E-state index in [4.69, 9.17) is 10.1 Å². The molecule has 0 spiro atoms. The molecule has 3 aliphatic rings. The third-order valence-electron chi connectivity index (χ3n) is 6.06. The number of hydrogen-bond donors (Lipinski definition) is 1. The lowest BCUT2D eigenvalue weighted by atomic mass is 10.0. The Morgan fingerprint density at radius 2 is 2.04 bits per heavy atom. The van der Waals surface area contributed by atoms with Crippen LogP contribution in [0.15, 0.2) is 6.07 Å². The number of hydrogen-bond acceptors (Lipinski definition) is 4. The van der Waals surface area contributed by atoms with Gasteiger partial charge in [0.05, 0.1) is 0 Å². The zero-order valence-corrected chi connectivity index (χ0v) is 14.1. The van der Waals surface area contributed by atoms with E-state index in [1.54, 1.807) is 0 Å². The van der Waals surface area contributed by atoms with Crippen molar-refractivity contribution in [1.82, 2.24) is 4.98 Å². The Bertz CT molecular complexity index is 648. The van der Waals surface area contributed by atoms with Crippen LogP contribution in [0.3, 0.4) is 0 Å². The summed E-state index contributed by atoms with van der Waals surface area (Å²) in [5.74, 6) is 2.04. The molecule has 3 fully saturated rings. The molecule has 4 rings (SSSR count). The zero-order chi connectivity index (χ0) is 16.3. The summed E-state index contributed by atoms with van der Waals surface area (Å²) in [6.07, 6.45) is 1.59. The molecule has 1 aromatic rings. The molecule has 1 aromatic heterocycles. The standard InChI is InChI=1S/C18H25N3O2/c1-10-6-16(12(3)18(19-10)21-5-4-11(21)2)20-8-14-13(7-17(22)23)15(14)9-20/h6,11,13-15H,4-5,7-9H2,1-3H3,(H,22,23)/t11-,13?,14-,15+/m0/s1. The maximum absolute atomic E-state index is 10.9. The number of fused-ring (bicyclic) bond motifs is 1. The molecule has 3 heterocycles. The molecule has 1 N–H and O–H groups in total. The molecule has 2 aliphatic heterocycles. The van der Waals surface area contributed by atoms with Crippen molar-refractivity contribution in [3.63, 3.8) is 0 Å². The summed E-state index contributed by atoms with van der Waals surface area (Å²) in [4.78, 5) is 20.5. The van der Waals surface area contributed by atoms with Gasteiger partial charge in [-0.2, -0.15) is 0 Å². The van der Waals surface area contributed by atoms with E-state index in [0.717, 1.165) is 31.1 Å². The number of aliphatic carboxylic acids is 1. The number of piperidine rings is 1. The van der Waals surface area contributed by atoms with Gasteiger partial charge in [0.1, 0.15) is 5.82 Å². The summed E-state index contributed by atoms with van der Waals surface area (Å²) in [6, 6.07) is 2.78. The van der Waals surface area contributed by atoms with Crippen LogP contribution in [0, 0.1) is 31.6 Å². The Morgan fingerprint density at radius 3 is 2.57 bits per heavy atom. The summed E-state index contributed by atoms with van der Waals surface area (Å²) >= 11 is 0. The number of carbonyl (C=O) groups is 1. The summed E-state index contributed by atoms with van der Waals surface area (Å²) < 4.78 is 0. The Labute approximate surface area is 137 Å². The van der Waals surface area contributed by atoms with Gasteiger partial charge in [-0.25, -0.2) is 4.98 Å². The fourth-order valence-corrected chi connectivity index (χ4v) is 4.49. The Morgan fingerprint density at radius 1 is 1.35 bits per heavy atom. The lowest BCUT2D eigenvalue weighted by Gasteiger charge is -2.41. The number of carboxylic acids is 1. The molecule has 23 heavy (non-hydrogen) atoms. The molecule has 5 heteroatoms. The monoisotopic (exact) mass is 315 g/mol. The first kappa shape index (κ1) is 14.8. The van der Waals surface area contributed by atoms with Crippen molar-refractivity contribution in [2.75, 3.05) is 29.4 Å². The van der Waals surface area contributed by atoms with Gasteiger partial charge in [-0.3, -0.25) is 4.79 Å². The molecular weight excluding hydrogens is 290 g/mol. The highest BCUT2D eigenvalue weighted by Gasteiger charge is 2.56. The summed E-state index contributed by atoms with van der Waals surface area (Å²) in [6.45, 7) is 9.61. The van der Waals surface area contributed by atoms with E-state index >= 15 is 0 Å². The van der Waals surface area contributed by atoms with Crippen LogP contribution < -0.4 is 9.80 Å². The van der Waals surface area contributed by atoms with Gasteiger partial charge in [-0.05, 0) is 51.0 Å². The second-order valence-electron chi connectivity index (χ2n) is 7.56. The summed E-state index contributed by atoms with van der Waals surface area (Å²) in [5, 5.41) is 8.97. The summed E-state index contributed by atoms with van der Waals surface area (Å²) in [7, 11) is 0. The zero-order valence-electron chi connectivity index (χ0n) is 14.1. The fraction of sp³-hybridized carbons (Fsp3) is 0.667. The quantitative estimate of drug-likeness (QED) is 0.925. The van der Waals surface area contributed by atoms with E-state index in [1.807, 2.05) is 0 Å². The van der Waals surface area contributed by atoms with Crippen molar-refractivity contribution in [3.8, 4) is 0 Å². The van der Waals surface area contributed by atoms with E-state index in [1.165, 1.54) is 17.7 Å². The van der Waals surface area contributed by atoms with Crippen LogP contribution >= 0.6 is 0 Å². The normalized spacial score (nSPS) is 31.8. The molecule has 0 amide bonds. The van der Waals surface area contributed by atoms with E-state index < -0.39 is 5.97 Å². The van der Waals surface area contributed by atoms with Crippen LogP contribution in [0.1, 0.15) is 31.0 Å². The predicted octanol–water partition coefficient (Wildman–Crippen LogP) is 2.45. The van der Waals surface area contributed by atoms with Crippen molar-refractivity contribution in [2.45, 2.75) is 39.7 Å². The minimum absolute atomic E-state index is 0.341. The van der Waals surface area contributed by atoms with Crippen LogP contribution in [0.5, 0.6) is 0 Å². The van der Waals surface area contributed by atoms with Crippen LogP contribution in [-0.2, 0) is 4.79 Å². The van der Waals surface area contributed by atoms with Crippen LogP contribution in [0.2, 0.25) is 0 Å². The molecular formula is C18H25N3O2. The van der Waals surface area contributed by atoms with Gasteiger partial charge in [-0.15, -0.1) is 0 Å². The van der Waals surface area contributed by atoms with E-state index in [0.29, 0.717) is 30.2 Å². The van der Waals surface area contributed by atoms with Crippen LogP contribution in [-0.4, -0.2) is 41.7 Å². The van der Waals surface area contributed by atoms with Gasteiger partial charge < -0.3 is 14.9 Å². The molecule has 1 unspecified atom stereocenters. The highest BCUT2D eigenvalue weighted by Crippen LogP contribution is 2.54. The van der Waals surface area contributed by atoms with E-state index in [9.17, 15) is 4.79 Å². The Balaban J connectivity index is 1.53. The van der Waals surface area contributed by atoms with E-state index in [2.05, 4.69) is 36.6 Å². The lowest BCUT2D eigenvalue weighted by Crippen LogP contribution is -2.46. The number of nitrogens with zero attached hydrogens (tertiary/aromatic N) is 3. The second-order valence-corrected chi connectivity index (χ2v) is 7.56. The number of carboxylic acid groups (broad SMARTS) is 1. The summed E-state index contributed by atoms with van der Waals surface area (Å²) in [5.41, 5.74) is 3.65. The molecule has 0 bridgehead atoms. The molecule has 5 nitrogen and oxygen atoms in total. The number of anilines is 2. The molecule has 1 saturated carbocycles. The first-order valence-electron chi connectivity index (χ1n) is 8.67. The number of pyridine rings is 1. The SMILES string of the molecule is Cc1cc(N2C[C@@H]3C(CC(=O)O)[C@@H]3C2)c(C)c(N2CC[C@@H]2C)n1. The fourth-order valence-electron chi connectivity index (χ4n) is 4.49. The van der Waals surface area contributed by atoms with Gasteiger partial charge in [0.15, 0.2) is 0 Å². The first-order chi connectivity index (χ1) is 11.0. The molecule has 0 radical (unpaired) electrons. The smallest absolute Gasteiger partial charge is 0.303 e. The van der Waals surface area contributed by atoms with Gasteiger partial charge >= 0.3 is 5.97 Å². The topological polar surface area (TPSA) is 56.7 Å². The van der Waals surface area contributed by atoms with Crippen molar-refractivity contribution in [1.29, 1.82) is 0 Å². The molecule has 1 aliphatic carbocycles. The lowest BCUT2D eigenvalue weighted by molar-refractivity contribution is -0.137. The molecule has 2 saturated heterocycles. The third kappa shape index (κ3) is 2.37. The largest absolute Gasteiger partial charge is 0.481 e. The van der Waals surface area contributed by atoms with Crippen molar-refractivity contribution in [3.05, 3.63) is 17.3 Å². The van der Waals surface area contributed by atoms with Crippen molar-refractivity contribution in [2.24, 2.45) is 17.8 Å². The maximum Gasteiger partial charge on any atom is 0.303 e. The number of rotatable bonds is 4. The molecule has 0 aromatic carbocycles. The van der Waals surface area contributed by atoms with Gasteiger partial charge in [0.2, 0.25) is 0 Å². The van der Waals surface area contributed by atoms with E-state index in [-0.39, 0.29) is 0 Å². The predicted molar refractivity (Wildman–Crippen MR) is 90.1 cm³/mol. The van der Waals surface area contributed by atoms with Crippen LogP contribution in [0.4, 0.5) is 11.5 Å². The minimum Gasteiger partial charge on any atom is -0.481 e. The average molecular weight is 315 g/mol. The number of aromatic nitrogens is 1. The average Bonchev–Trinajstić information content (AvgIpc) is 2.93. The van der Waals surface area contributed by atoms with Crippen molar-refractivity contribution < 1.29 is 9.90 Å². The highest BCUT2D eigenvalue weighted by molar-refractivity contribution is 5.69. The minimum atomic E-state index is -0.652. The first-order valence-corrected chi connectivity index (χ1v) is 8.67. The van der Waals surface area contributed by atoms with Gasteiger partial charge in [-0.1, -0.05) is 0 Å². The van der Waals surface area contributed by atoms with Crippen LogP contribution in [0.25, 0.3) is 0 Å². The molecule has 4 atom stereocenters. The Kier molecular flexibility index (Phi) is 3.29. The van der Waals surface area contributed by atoms with Crippen molar-refractivity contribution >= 4 is 17.5 Å². The van der Waals surface area contributed by atoms with Gasteiger partial charge in [0.25, 0.3) is 0 Å². The van der Waals surface area contributed by atoms with Gasteiger partial charge in [0, 0.05) is 49.0 Å². The highest BCUT2D eigenvalue weighted by atomic mass is 16.4.